The largest absolute Gasteiger partial charge is 0.480 e. The third kappa shape index (κ3) is 22.8. The number of carboxylic acids is 1. The van der Waals surface area contributed by atoms with Gasteiger partial charge in [0, 0.05) is 29.5 Å². The Labute approximate surface area is 265 Å². The summed E-state index contributed by atoms with van der Waals surface area (Å²) in [6, 6.07) is -3.01. The van der Waals surface area contributed by atoms with E-state index < -0.39 is 60.8 Å². The van der Waals surface area contributed by atoms with Crippen molar-refractivity contribution in [3.63, 3.8) is 0 Å². The fraction of sp³-hybridized carbons (Fsp3) is 0.760. The Kier molecular flexibility index (Phi) is 24.0. The van der Waals surface area contributed by atoms with Gasteiger partial charge in [-0.3, -0.25) is 24.0 Å². The Hall–Kier alpha value is -4.68. The van der Waals surface area contributed by atoms with Gasteiger partial charge in [0.15, 0.2) is 0 Å². The molecule has 46 heavy (non-hydrogen) atoms. The van der Waals surface area contributed by atoms with Gasteiger partial charge in [-0.2, -0.15) is 0 Å². The molecular formula is C25H44N12O9. The molecule has 0 bridgehead atoms. The minimum Gasteiger partial charge on any atom is -0.480 e. The van der Waals surface area contributed by atoms with E-state index in [1.807, 2.05) is 0 Å². The zero-order chi connectivity index (χ0) is 34.6. The van der Waals surface area contributed by atoms with Gasteiger partial charge in [-0.05, 0) is 43.7 Å². The van der Waals surface area contributed by atoms with E-state index in [1.165, 1.54) is 0 Å². The van der Waals surface area contributed by atoms with Gasteiger partial charge in [-0.1, -0.05) is 23.1 Å². The first-order valence-electron chi connectivity index (χ1n) is 14.6. The highest BCUT2D eigenvalue weighted by Crippen LogP contribution is 2.06. The van der Waals surface area contributed by atoms with E-state index in [0.29, 0.717) is 25.7 Å². The first kappa shape index (κ1) is 41.3. The van der Waals surface area contributed by atoms with Crippen LogP contribution in [0.25, 0.3) is 20.9 Å². The molecule has 0 heterocycles. The number of amides is 5. The summed E-state index contributed by atoms with van der Waals surface area (Å²) < 4.78 is 10.4. The molecule has 0 aliphatic heterocycles. The Morgan fingerprint density at radius 3 is 1.89 bits per heavy atom. The molecule has 0 radical (unpaired) electrons. The summed E-state index contributed by atoms with van der Waals surface area (Å²) >= 11 is 0. The molecule has 0 rings (SSSR count). The van der Waals surface area contributed by atoms with Crippen LogP contribution < -0.4 is 32.3 Å². The average Bonchev–Trinajstić information content (AvgIpc) is 3.02. The second-order valence-corrected chi connectivity index (χ2v) is 9.72. The van der Waals surface area contributed by atoms with Gasteiger partial charge in [0.05, 0.1) is 39.0 Å². The number of aliphatic carboxylic acids is 1. The topological polar surface area (TPSA) is 325 Å². The van der Waals surface area contributed by atoms with Gasteiger partial charge in [0.1, 0.15) is 18.7 Å². The summed E-state index contributed by atoms with van der Waals surface area (Å²) in [4.78, 5) is 77.5. The maximum absolute atomic E-state index is 12.9. The molecule has 0 saturated heterocycles. The number of hydrogen-bond donors (Lipinski definition) is 7. The zero-order valence-corrected chi connectivity index (χ0v) is 25.8. The molecule has 5 amide bonds. The summed E-state index contributed by atoms with van der Waals surface area (Å²) in [7, 11) is 0. The fourth-order valence-electron chi connectivity index (χ4n) is 3.46. The number of nitrogens with zero attached hydrogens (tertiary/aromatic N) is 6. The van der Waals surface area contributed by atoms with E-state index in [9.17, 15) is 33.9 Å². The van der Waals surface area contributed by atoms with Crippen LogP contribution in [-0.2, 0) is 38.2 Å². The Balaban J connectivity index is 4.58. The van der Waals surface area contributed by atoms with Crippen molar-refractivity contribution >= 4 is 35.5 Å². The number of carbonyl (C=O) groups is 6. The standard InChI is InChI=1S/C25H44N12O9/c1-17(26)23(41)29-10-11-45-12-13-46-16-22(40)31-14-20(38)30-15-21(39)34-18(6-2-4-8-32-36-27)24(42)35-19(25(43)44)7-3-5-9-33-37-28/h17-19H,2-16,26H2,1H3,(H,29,41)(H,30,38)(H,31,40)(H,34,39)(H,35,42)(H,43,44)/t17-,18-,19-/m0/s1. The summed E-state index contributed by atoms with van der Waals surface area (Å²) in [5.74, 6) is -4.36. The lowest BCUT2D eigenvalue weighted by Crippen LogP contribution is -2.53. The lowest BCUT2D eigenvalue weighted by Gasteiger charge is -2.21. The molecule has 0 saturated carbocycles. The molecule has 0 aromatic heterocycles. The van der Waals surface area contributed by atoms with E-state index in [2.05, 4.69) is 46.6 Å². The highest BCUT2D eigenvalue weighted by Gasteiger charge is 2.26. The number of hydrogen-bond acceptors (Lipinski definition) is 11. The second-order valence-electron chi connectivity index (χ2n) is 9.72. The van der Waals surface area contributed by atoms with Crippen LogP contribution in [0.5, 0.6) is 0 Å². The smallest absolute Gasteiger partial charge is 0.326 e. The maximum Gasteiger partial charge on any atom is 0.326 e. The lowest BCUT2D eigenvalue weighted by atomic mass is 10.1. The minimum atomic E-state index is -1.28. The molecule has 3 atom stereocenters. The number of azide groups is 2. The number of ether oxygens (including phenoxy) is 2. The molecule has 0 aliphatic rings. The number of nitrogens with one attached hydrogen (secondary N) is 5. The first-order valence-corrected chi connectivity index (χ1v) is 14.6. The van der Waals surface area contributed by atoms with Gasteiger partial charge < -0.3 is 46.9 Å². The third-order valence-electron chi connectivity index (χ3n) is 5.85. The molecule has 0 aliphatic carbocycles. The molecule has 21 heteroatoms. The van der Waals surface area contributed by atoms with Crippen LogP contribution in [0.3, 0.4) is 0 Å². The highest BCUT2D eigenvalue weighted by molar-refractivity contribution is 5.92. The van der Waals surface area contributed by atoms with Crippen molar-refractivity contribution in [3.8, 4) is 0 Å². The van der Waals surface area contributed by atoms with Crippen LogP contribution in [0.1, 0.15) is 45.4 Å². The molecule has 0 fully saturated rings. The minimum absolute atomic E-state index is 0.0656. The quantitative estimate of drug-likeness (QED) is 0.0238. The SMILES string of the molecule is C[C@H](N)C(=O)NCCOCCOCC(=O)NCC(=O)NCC(=O)N[C@@H](CCCCN=[N+]=[N-])C(=O)N[C@@H](CCCCN=[N+]=[N-])C(=O)O. The van der Waals surface area contributed by atoms with Gasteiger partial charge in [-0.15, -0.1) is 0 Å². The molecule has 258 valence electrons. The molecular weight excluding hydrogens is 612 g/mol. The fourth-order valence-corrected chi connectivity index (χ4v) is 3.46. The number of carbonyl (C=O) groups excluding carboxylic acids is 5. The summed E-state index contributed by atoms with van der Waals surface area (Å²) in [6.07, 6.45) is 1.72. The average molecular weight is 657 g/mol. The van der Waals surface area contributed by atoms with Crippen LogP contribution in [0.2, 0.25) is 0 Å². The molecule has 0 aromatic rings. The van der Waals surface area contributed by atoms with Crippen LogP contribution >= 0.6 is 0 Å². The molecule has 0 spiro atoms. The van der Waals surface area contributed by atoms with E-state index in [-0.39, 0.29) is 64.8 Å². The number of unbranched alkanes of at least 4 members (excludes halogenated alkanes) is 2. The van der Waals surface area contributed by atoms with Gasteiger partial charge in [0.25, 0.3) is 0 Å². The van der Waals surface area contributed by atoms with E-state index in [0.717, 1.165) is 0 Å². The molecule has 0 unspecified atom stereocenters. The van der Waals surface area contributed by atoms with E-state index in [1.54, 1.807) is 6.92 Å². The number of carboxylic acid groups (broad SMARTS) is 1. The second kappa shape index (κ2) is 26.7. The van der Waals surface area contributed by atoms with Crippen LogP contribution in [0.4, 0.5) is 0 Å². The Morgan fingerprint density at radius 1 is 0.739 bits per heavy atom. The highest BCUT2D eigenvalue weighted by atomic mass is 16.5. The van der Waals surface area contributed by atoms with Crippen molar-refractivity contribution in [2.24, 2.45) is 16.0 Å². The third-order valence-corrected chi connectivity index (χ3v) is 5.85. The molecule has 8 N–H and O–H groups in total. The van der Waals surface area contributed by atoms with Crippen molar-refractivity contribution < 1.29 is 43.3 Å². The summed E-state index contributed by atoms with van der Waals surface area (Å²) in [5, 5.41) is 28.3. The van der Waals surface area contributed by atoms with Crippen LogP contribution in [0, 0.1) is 0 Å². The Bertz CT molecular complexity index is 1080. The predicted molar refractivity (Wildman–Crippen MR) is 162 cm³/mol. The molecule has 0 aromatic carbocycles. The first-order chi connectivity index (χ1) is 22.0. The maximum atomic E-state index is 12.9. The lowest BCUT2D eigenvalue weighted by molar-refractivity contribution is -0.142. The predicted octanol–water partition coefficient (Wildman–Crippen LogP) is -1.27. The van der Waals surface area contributed by atoms with Gasteiger partial charge in [-0.25, -0.2) is 4.79 Å². The van der Waals surface area contributed by atoms with Crippen molar-refractivity contribution in [2.45, 2.75) is 63.6 Å². The van der Waals surface area contributed by atoms with Gasteiger partial charge in [0.2, 0.25) is 29.5 Å². The van der Waals surface area contributed by atoms with Crippen molar-refractivity contribution in [2.75, 3.05) is 59.2 Å². The number of nitrogens with two attached hydrogens (primary N) is 1. The van der Waals surface area contributed by atoms with Crippen molar-refractivity contribution in [3.05, 3.63) is 20.9 Å². The normalized spacial score (nSPS) is 12.2. The van der Waals surface area contributed by atoms with E-state index in [4.69, 9.17) is 26.3 Å². The van der Waals surface area contributed by atoms with Crippen molar-refractivity contribution in [1.29, 1.82) is 0 Å². The monoisotopic (exact) mass is 656 g/mol. The zero-order valence-electron chi connectivity index (χ0n) is 25.8. The van der Waals surface area contributed by atoms with Gasteiger partial charge >= 0.3 is 5.97 Å². The van der Waals surface area contributed by atoms with E-state index >= 15 is 0 Å². The summed E-state index contributed by atoms with van der Waals surface area (Å²) in [5.41, 5.74) is 22.1. The summed E-state index contributed by atoms with van der Waals surface area (Å²) in [6.45, 7) is 1.33. The van der Waals surface area contributed by atoms with Crippen LogP contribution in [0.15, 0.2) is 10.2 Å². The number of rotatable bonds is 27. The van der Waals surface area contributed by atoms with Crippen molar-refractivity contribution in [1.82, 2.24) is 26.6 Å². The van der Waals surface area contributed by atoms with Crippen LogP contribution in [-0.4, -0.2) is 118 Å². The Morgan fingerprint density at radius 2 is 1.30 bits per heavy atom. The molecule has 21 nitrogen and oxygen atoms in total.